The first kappa shape index (κ1) is 20.5. The summed E-state index contributed by atoms with van der Waals surface area (Å²) in [7, 11) is 6.97. The fourth-order valence-corrected chi connectivity index (χ4v) is 3.01. The molecular formula is C21H25N3O5. The molecule has 1 heterocycles. The van der Waals surface area contributed by atoms with Crippen molar-refractivity contribution in [2.24, 2.45) is 0 Å². The van der Waals surface area contributed by atoms with Crippen molar-refractivity contribution < 1.29 is 23.8 Å². The second kappa shape index (κ2) is 8.83. The van der Waals surface area contributed by atoms with Crippen LogP contribution in [0.5, 0.6) is 17.2 Å². The van der Waals surface area contributed by atoms with E-state index >= 15 is 0 Å². The molecule has 8 heteroatoms. The molecule has 0 aromatic heterocycles. The first-order chi connectivity index (χ1) is 13.9. The lowest BCUT2D eigenvalue weighted by Crippen LogP contribution is -2.42. The third-order valence-electron chi connectivity index (χ3n) is 4.58. The molecule has 2 aromatic carbocycles. The Bertz CT molecular complexity index is 913. The van der Waals surface area contributed by atoms with Crippen LogP contribution in [0.2, 0.25) is 0 Å². The Kier molecular flexibility index (Phi) is 6.23. The second-order valence-corrected chi connectivity index (χ2v) is 6.84. The van der Waals surface area contributed by atoms with Crippen molar-refractivity contribution in [1.82, 2.24) is 4.90 Å². The number of nitrogens with one attached hydrogen (secondary N) is 1. The van der Waals surface area contributed by atoms with Crippen LogP contribution in [-0.4, -0.2) is 64.7 Å². The van der Waals surface area contributed by atoms with Crippen molar-refractivity contribution in [2.75, 3.05) is 58.2 Å². The number of fused-ring (bicyclic) bond motifs is 1. The molecule has 0 fully saturated rings. The summed E-state index contributed by atoms with van der Waals surface area (Å²) >= 11 is 0. The van der Waals surface area contributed by atoms with Crippen LogP contribution in [0.15, 0.2) is 36.4 Å². The van der Waals surface area contributed by atoms with E-state index in [1.807, 2.05) is 19.0 Å². The number of anilines is 2. The lowest BCUT2D eigenvalue weighted by Gasteiger charge is -2.30. The number of hydrogen-bond donors (Lipinski definition) is 1. The molecule has 0 atom stereocenters. The molecule has 1 N–H and O–H groups in total. The van der Waals surface area contributed by atoms with Gasteiger partial charge in [0.15, 0.2) is 18.1 Å². The van der Waals surface area contributed by atoms with Crippen molar-refractivity contribution in [3.63, 3.8) is 0 Å². The van der Waals surface area contributed by atoms with E-state index in [1.165, 1.54) is 14.2 Å². The van der Waals surface area contributed by atoms with Crippen LogP contribution in [0.25, 0.3) is 0 Å². The highest BCUT2D eigenvalue weighted by atomic mass is 16.5. The van der Waals surface area contributed by atoms with Crippen LogP contribution in [-0.2, 0) is 4.79 Å². The number of hydrogen-bond acceptors (Lipinski definition) is 6. The van der Waals surface area contributed by atoms with E-state index in [9.17, 15) is 9.59 Å². The molecule has 0 unspecified atom stereocenters. The van der Waals surface area contributed by atoms with Gasteiger partial charge in [-0.05, 0) is 44.4 Å². The Hall–Kier alpha value is -3.26. The average molecular weight is 399 g/mol. The van der Waals surface area contributed by atoms with Crippen LogP contribution in [0.1, 0.15) is 10.4 Å². The molecule has 1 aliphatic heterocycles. The third kappa shape index (κ3) is 4.60. The van der Waals surface area contributed by atoms with Gasteiger partial charge in [0.2, 0.25) is 0 Å². The maximum atomic E-state index is 12.6. The Morgan fingerprint density at radius 1 is 1.14 bits per heavy atom. The van der Waals surface area contributed by atoms with Crippen molar-refractivity contribution in [2.45, 2.75) is 0 Å². The lowest BCUT2D eigenvalue weighted by molar-refractivity contribution is -0.121. The Morgan fingerprint density at radius 2 is 1.90 bits per heavy atom. The maximum Gasteiger partial charge on any atom is 0.265 e. The van der Waals surface area contributed by atoms with Gasteiger partial charge in [-0.15, -0.1) is 0 Å². The molecular weight excluding hydrogens is 374 g/mol. The largest absolute Gasteiger partial charge is 0.493 e. The van der Waals surface area contributed by atoms with Crippen LogP contribution in [0.4, 0.5) is 11.4 Å². The van der Waals surface area contributed by atoms with E-state index in [2.05, 4.69) is 5.32 Å². The van der Waals surface area contributed by atoms with Gasteiger partial charge in [-0.3, -0.25) is 9.59 Å². The number of ether oxygens (including phenoxy) is 3. The number of rotatable bonds is 7. The van der Waals surface area contributed by atoms with Crippen LogP contribution < -0.4 is 24.4 Å². The standard InChI is InChI=1S/C21H25N3O5/c1-23(2)9-10-24-16-7-6-15(12-18(16)29-13-20(24)25)22-21(26)14-5-8-17(27-3)19(11-14)28-4/h5-8,11-12H,9-10,13H2,1-4H3,(H,22,26). The minimum Gasteiger partial charge on any atom is -0.493 e. The van der Waals surface area contributed by atoms with E-state index in [0.717, 1.165) is 6.54 Å². The molecule has 154 valence electrons. The van der Waals surface area contributed by atoms with E-state index in [-0.39, 0.29) is 18.4 Å². The molecule has 29 heavy (non-hydrogen) atoms. The zero-order chi connectivity index (χ0) is 21.0. The first-order valence-electron chi connectivity index (χ1n) is 9.18. The van der Waals surface area contributed by atoms with Gasteiger partial charge >= 0.3 is 0 Å². The molecule has 0 bridgehead atoms. The van der Waals surface area contributed by atoms with Gasteiger partial charge in [0, 0.05) is 30.4 Å². The first-order valence-corrected chi connectivity index (χ1v) is 9.18. The lowest BCUT2D eigenvalue weighted by atomic mass is 10.1. The Morgan fingerprint density at radius 3 is 2.59 bits per heavy atom. The summed E-state index contributed by atoms with van der Waals surface area (Å²) in [4.78, 5) is 28.6. The molecule has 3 rings (SSSR count). The Labute approximate surface area is 170 Å². The quantitative estimate of drug-likeness (QED) is 0.769. The summed E-state index contributed by atoms with van der Waals surface area (Å²) in [6, 6.07) is 10.2. The summed E-state index contributed by atoms with van der Waals surface area (Å²) in [5.74, 6) is 1.22. The molecule has 0 radical (unpaired) electrons. The van der Waals surface area contributed by atoms with Crippen molar-refractivity contribution in [3.8, 4) is 17.2 Å². The smallest absolute Gasteiger partial charge is 0.265 e. The van der Waals surface area contributed by atoms with E-state index in [0.29, 0.717) is 40.7 Å². The highest BCUT2D eigenvalue weighted by molar-refractivity contribution is 6.05. The fourth-order valence-electron chi connectivity index (χ4n) is 3.01. The van der Waals surface area contributed by atoms with Gasteiger partial charge in [-0.1, -0.05) is 0 Å². The highest BCUT2D eigenvalue weighted by Gasteiger charge is 2.25. The minimum atomic E-state index is -0.290. The zero-order valence-electron chi connectivity index (χ0n) is 17.0. The monoisotopic (exact) mass is 399 g/mol. The zero-order valence-corrected chi connectivity index (χ0v) is 17.0. The molecule has 2 aromatic rings. The summed E-state index contributed by atoms with van der Waals surface area (Å²) in [5.41, 5.74) is 1.71. The summed E-state index contributed by atoms with van der Waals surface area (Å²) < 4.78 is 16.0. The summed E-state index contributed by atoms with van der Waals surface area (Å²) in [6.45, 7) is 1.29. The highest BCUT2D eigenvalue weighted by Crippen LogP contribution is 2.35. The van der Waals surface area contributed by atoms with Crippen LogP contribution in [0, 0.1) is 0 Å². The molecule has 8 nitrogen and oxygen atoms in total. The number of carbonyl (C=O) groups is 2. The van der Waals surface area contributed by atoms with Gasteiger partial charge in [0.1, 0.15) is 5.75 Å². The molecule has 0 saturated carbocycles. The van der Waals surface area contributed by atoms with Gasteiger partial charge < -0.3 is 29.3 Å². The van der Waals surface area contributed by atoms with Gasteiger partial charge in [0.05, 0.1) is 19.9 Å². The summed E-state index contributed by atoms with van der Waals surface area (Å²) in [6.07, 6.45) is 0. The SMILES string of the molecule is COc1ccc(C(=O)Nc2ccc3c(c2)OCC(=O)N3CCN(C)C)cc1OC. The van der Waals surface area contributed by atoms with Crippen LogP contribution >= 0.6 is 0 Å². The number of methoxy groups -OCH3 is 2. The Balaban J connectivity index is 1.78. The van der Waals surface area contributed by atoms with Crippen molar-refractivity contribution in [3.05, 3.63) is 42.0 Å². The number of nitrogens with zero attached hydrogens (tertiary/aromatic N) is 2. The molecule has 0 saturated heterocycles. The number of carbonyl (C=O) groups excluding carboxylic acids is 2. The maximum absolute atomic E-state index is 12.6. The number of amides is 2. The fraction of sp³-hybridized carbons (Fsp3) is 0.333. The number of likely N-dealkylation sites (N-methyl/N-ethyl adjacent to an activating group) is 1. The normalized spacial score (nSPS) is 13.0. The average Bonchev–Trinajstić information content (AvgIpc) is 2.72. The minimum absolute atomic E-state index is 0.0203. The van der Waals surface area contributed by atoms with E-state index in [4.69, 9.17) is 14.2 Å². The van der Waals surface area contributed by atoms with Gasteiger partial charge in [-0.2, -0.15) is 0 Å². The third-order valence-corrected chi connectivity index (χ3v) is 4.58. The topological polar surface area (TPSA) is 80.3 Å². The molecule has 1 aliphatic rings. The molecule has 2 amide bonds. The second-order valence-electron chi connectivity index (χ2n) is 6.84. The predicted octanol–water partition coefficient (Wildman–Crippen LogP) is 2.24. The van der Waals surface area contributed by atoms with E-state index < -0.39 is 0 Å². The van der Waals surface area contributed by atoms with Crippen LogP contribution in [0.3, 0.4) is 0 Å². The van der Waals surface area contributed by atoms with Crippen molar-refractivity contribution >= 4 is 23.2 Å². The predicted molar refractivity (Wildman–Crippen MR) is 110 cm³/mol. The summed E-state index contributed by atoms with van der Waals surface area (Å²) in [5, 5.41) is 2.85. The van der Waals surface area contributed by atoms with Crippen molar-refractivity contribution in [1.29, 1.82) is 0 Å². The van der Waals surface area contributed by atoms with E-state index in [1.54, 1.807) is 41.3 Å². The molecule has 0 spiro atoms. The van der Waals surface area contributed by atoms with Gasteiger partial charge in [-0.25, -0.2) is 0 Å². The van der Waals surface area contributed by atoms with Gasteiger partial charge in [0.25, 0.3) is 11.8 Å². The molecule has 0 aliphatic carbocycles. The number of benzene rings is 2.